The lowest BCUT2D eigenvalue weighted by Crippen LogP contribution is -2.01. The van der Waals surface area contributed by atoms with Crippen molar-refractivity contribution >= 4 is 28.1 Å². The van der Waals surface area contributed by atoms with E-state index in [9.17, 15) is 8.42 Å². The van der Waals surface area contributed by atoms with Crippen LogP contribution in [0.1, 0.15) is 5.82 Å². The van der Waals surface area contributed by atoms with Gasteiger partial charge in [-0.05, 0) is 6.92 Å². The van der Waals surface area contributed by atoms with Gasteiger partial charge in [0, 0.05) is 6.26 Å². The molecule has 0 fully saturated rings. The Hall–Kier alpha value is -0.750. The number of hydrogen-bond donors (Lipinski definition) is 2. The molecular formula is C5H10ClN3O2S. The third-order valence-corrected chi connectivity index (χ3v) is 2.24. The first-order chi connectivity index (χ1) is 4.91. The first-order valence-electron chi connectivity index (χ1n) is 2.93. The summed E-state index contributed by atoms with van der Waals surface area (Å²) in [6, 6.07) is 0. The SMILES string of the molecule is Cc1nc(N)c(S(C)(=O)=O)[nH]1.Cl. The summed E-state index contributed by atoms with van der Waals surface area (Å²) in [6.07, 6.45) is 1.08. The van der Waals surface area contributed by atoms with E-state index in [0.717, 1.165) is 6.26 Å². The van der Waals surface area contributed by atoms with Gasteiger partial charge in [0.05, 0.1) is 0 Å². The number of halogens is 1. The summed E-state index contributed by atoms with van der Waals surface area (Å²) in [6.45, 7) is 1.64. The van der Waals surface area contributed by atoms with Gasteiger partial charge in [0.15, 0.2) is 20.7 Å². The average molecular weight is 212 g/mol. The molecule has 0 aliphatic rings. The van der Waals surface area contributed by atoms with Crippen LogP contribution < -0.4 is 5.73 Å². The number of rotatable bonds is 1. The number of sulfone groups is 1. The molecule has 0 aliphatic heterocycles. The van der Waals surface area contributed by atoms with Crippen LogP contribution in [-0.4, -0.2) is 24.6 Å². The summed E-state index contributed by atoms with van der Waals surface area (Å²) in [4.78, 5) is 6.28. The highest BCUT2D eigenvalue weighted by molar-refractivity contribution is 7.90. The molecule has 1 aromatic rings. The molecule has 5 nitrogen and oxygen atoms in total. The fourth-order valence-electron chi connectivity index (χ4n) is 0.770. The van der Waals surface area contributed by atoms with Gasteiger partial charge in [-0.2, -0.15) is 0 Å². The van der Waals surface area contributed by atoms with Crippen molar-refractivity contribution < 1.29 is 8.42 Å². The second kappa shape index (κ2) is 3.32. The van der Waals surface area contributed by atoms with Gasteiger partial charge < -0.3 is 10.7 Å². The Morgan fingerprint density at radius 2 is 2.00 bits per heavy atom. The van der Waals surface area contributed by atoms with Gasteiger partial charge in [0.25, 0.3) is 0 Å². The molecule has 0 unspecified atom stereocenters. The van der Waals surface area contributed by atoms with Crippen molar-refractivity contribution in [2.24, 2.45) is 0 Å². The van der Waals surface area contributed by atoms with Crippen LogP contribution >= 0.6 is 12.4 Å². The van der Waals surface area contributed by atoms with E-state index in [1.54, 1.807) is 6.92 Å². The number of nitrogens with one attached hydrogen (secondary N) is 1. The number of imidazole rings is 1. The predicted octanol–water partition coefficient (Wildman–Crippen LogP) is 0.126. The van der Waals surface area contributed by atoms with Crippen LogP contribution in [-0.2, 0) is 9.84 Å². The molecule has 1 rings (SSSR count). The standard InChI is InChI=1S/C5H9N3O2S.ClH/c1-3-7-4(6)5(8-3)11(2,9)10;/h6H2,1-2H3,(H,7,8);1H. The van der Waals surface area contributed by atoms with Crippen LogP contribution in [0.25, 0.3) is 0 Å². The zero-order valence-electron chi connectivity index (χ0n) is 6.66. The van der Waals surface area contributed by atoms with E-state index < -0.39 is 9.84 Å². The first-order valence-corrected chi connectivity index (χ1v) is 4.82. The van der Waals surface area contributed by atoms with Crippen molar-refractivity contribution in [3.8, 4) is 0 Å². The van der Waals surface area contributed by atoms with E-state index in [0.29, 0.717) is 5.82 Å². The molecular weight excluding hydrogens is 202 g/mol. The van der Waals surface area contributed by atoms with Crippen molar-refractivity contribution in [3.63, 3.8) is 0 Å². The maximum atomic E-state index is 10.9. The second-order valence-corrected chi connectivity index (χ2v) is 4.26. The molecule has 0 spiro atoms. The number of aryl methyl sites for hydroxylation is 1. The van der Waals surface area contributed by atoms with Crippen LogP contribution in [0.2, 0.25) is 0 Å². The number of aromatic amines is 1. The van der Waals surface area contributed by atoms with Crippen LogP contribution in [0.4, 0.5) is 5.82 Å². The van der Waals surface area contributed by atoms with Gasteiger partial charge in [-0.1, -0.05) is 0 Å². The zero-order chi connectivity index (χ0) is 8.65. The van der Waals surface area contributed by atoms with Gasteiger partial charge in [0.1, 0.15) is 5.82 Å². The topological polar surface area (TPSA) is 88.8 Å². The summed E-state index contributed by atoms with van der Waals surface area (Å²) in [5.74, 6) is 0.535. The molecule has 1 heterocycles. The van der Waals surface area contributed by atoms with Gasteiger partial charge in [-0.15, -0.1) is 12.4 Å². The van der Waals surface area contributed by atoms with Gasteiger partial charge in [-0.3, -0.25) is 0 Å². The highest BCUT2D eigenvalue weighted by Gasteiger charge is 2.14. The average Bonchev–Trinajstić information content (AvgIpc) is 2.08. The van der Waals surface area contributed by atoms with E-state index in [1.165, 1.54) is 0 Å². The molecule has 1 aromatic heterocycles. The summed E-state index contributed by atoms with van der Waals surface area (Å²) in [5.41, 5.74) is 5.31. The second-order valence-electron chi connectivity index (χ2n) is 2.31. The van der Waals surface area contributed by atoms with Gasteiger partial charge in [-0.25, -0.2) is 13.4 Å². The lowest BCUT2D eigenvalue weighted by Gasteiger charge is -1.91. The Morgan fingerprint density at radius 1 is 1.50 bits per heavy atom. The normalized spacial score (nSPS) is 10.8. The summed E-state index contributed by atoms with van der Waals surface area (Å²) in [7, 11) is -3.26. The van der Waals surface area contributed by atoms with Crippen molar-refractivity contribution in [3.05, 3.63) is 5.82 Å². The Morgan fingerprint density at radius 3 is 2.17 bits per heavy atom. The molecule has 0 bridgehead atoms. The van der Waals surface area contributed by atoms with Gasteiger partial charge >= 0.3 is 0 Å². The molecule has 0 aromatic carbocycles. The monoisotopic (exact) mass is 211 g/mol. The summed E-state index contributed by atoms with van der Waals surface area (Å²) >= 11 is 0. The molecule has 7 heteroatoms. The number of nitrogen functional groups attached to an aromatic ring is 1. The van der Waals surface area contributed by atoms with Crippen LogP contribution in [0.3, 0.4) is 0 Å². The third kappa shape index (κ3) is 2.12. The molecule has 12 heavy (non-hydrogen) atoms. The van der Waals surface area contributed by atoms with Crippen molar-refractivity contribution in [2.75, 3.05) is 12.0 Å². The minimum Gasteiger partial charge on any atom is -0.381 e. The molecule has 70 valence electrons. The lowest BCUT2D eigenvalue weighted by molar-refractivity contribution is 0.599. The van der Waals surface area contributed by atoms with Crippen molar-refractivity contribution in [1.29, 1.82) is 0 Å². The first kappa shape index (κ1) is 11.2. The van der Waals surface area contributed by atoms with Gasteiger partial charge in [0.2, 0.25) is 0 Å². The van der Waals surface area contributed by atoms with Crippen molar-refractivity contribution in [1.82, 2.24) is 9.97 Å². The number of anilines is 1. The third-order valence-electron chi connectivity index (χ3n) is 1.19. The van der Waals surface area contributed by atoms with E-state index >= 15 is 0 Å². The van der Waals surface area contributed by atoms with Crippen LogP contribution in [0.5, 0.6) is 0 Å². The number of nitrogens with zero attached hydrogens (tertiary/aromatic N) is 1. The van der Waals surface area contributed by atoms with E-state index in [1.807, 2.05) is 0 Å². The highest BCUT2D eigenvalue weighted by atomic mass is 35.5. The quantitative estimate of drug-likeness (QED) is 0.691. The molecule has 0 atom stereocenters. The number of aromatic nitrogens is 2. The fraction of sp³-hybridized carbons (Fsp3) is 0.400. The lowest BCUT2D eigenvalue weighted by atomic mass is 10.8. The molecule has 3 N–H and O–H groups in total. The molecule has 0 amide bonds. The maximum absolute atomic E-state index is 10.9. The van der Waals surface area contributed by atoms with E-state index in [2.05, 4.69) is 9.97 Å². The molecule has 0 aliphatic carbocycles. The highest BCUT2D eigenvalue weighted by Crippen LogP contribution is 2.13. The molecule has 0 saturated heterocycles. The van der Waals surface area contributed by atoms with Crippen LogP contribution in [0, 0.1) is 6.92 Å². The predicted molar refractivity (Wildman–Crippen MR) is 48.1 cm³/mol. The minimum atomic E-state index is -3.26. The maximum Gasteiger partial charge on any atom is 0.194 e. The zero-order valence-corrected chi connectivity index (χ0v) is 8.29. The van der Waals surface area contributed by atoms with Crippen molar-refractivity contribution in [2.45, 2.75) is 11.9 Å². The van der Waals surface area contributed by atoms with E-state index in [4.69, 9.17) is 5.73 Å². The van der Waals surface area contributed by atoms with Crippen LogP contribution in [0.15, 0.2) is 5.03 Å². The van der Waals surface area contributed by atoms with E-state index in [-0.39, 0.29) is 23.3 Å². The Labute approximate surface area is 76.7 Å². The largest absolute Gasteiger partial charge is 0.381 e. The number of hydrogen-bond acceptors (Lipinski definition) is 4. The Bertz CT molecular complexity index is 370. The fourth-order valence-corrected chi connectivity index (χ4v) is 1.53. The minimum absolute atomic E-state index is 0. The molecule has 0 saturated carbocycles. The molecule has 0 radical (unpaired) electrons. The number of H-pyrrole nitrogens is 1. The summed E-state index contributed by atoms with van der Waals surface area (Å²) in [5, 5.41) is -0.00463. The number of nitrogens with two attached hydrogens (primary N) is 1. The Balaban J connectivity index is 0.00000121. The smallest absolute Gasteiger partial charge is 0.194 e. The Kier molecular flexibility index (Phi) is 3.11. The summed E-state index contributed by atoms with van der Waals surface area (Å²) < 4.78 is 21.8.